The Hall–Kier alpha value is -0.0600. The summed E-state index contributed by atoms with van der Waals surface area (Å²) in [7, 11) is 0. The van der Waals surface area contributed by atoms with Crippen LogP contribution in [0.1, 0.15) is 39.0 Å². The summed E-state index contributed by atoms with van der Waals surface area (Å²) in [5, 5.41) is 18.8. The smallest absolute Gasteiger partial charge is 0.550 e. The standard InChI is InChI=1S/C9H16O4.Na/c1-2-3-4-5-7(9(12)13)6-8(10)11;/h7H,2-6H2,1H3,(H,10,11)(H,12,13);/q;+1/p-1. The van der Waals surface area contributed by atoms with Gasteiger partial charge in [-0.3, -0.25) is 4.79 Å². The Balaban J connectivity index is 0. The van der Waals surface area contributed by atoms with E-state index < -0.39 is 17.9 Å². The van der Waals surface area contributed by atoms with E-state index in [9.17, 15) is 14.7 Å². The average molecular weight is 210 g/mol. The van der Waals surface area contributed by atoms with Crippen LogP contribution in [-0.2, 0) is 9.59 Å². The molecule has 0 aliphatic carbocycles. The van der Waals surface area contributed by atoms with Gasteiger partial charge in [-0.1, -0.05) is 26.2 Å². The summed E-state index contributed by atoms with van der Waals surface area (Å²) in [5.41, 5.74) is 0. The monoisotopic (exact) mass is 210 g/mol. The van der Waals surface area contributed by atoms with Gasteiger partial charge in [0, 0.05) is 12.4 Å². The predicted molar refractivity (Wildman–Crippen MR) is 44.9 cm³/mol. The van der Waals surface area contributed by atoms with Crippen molar-refractivity contribution in [1.29, 1.82) is 0 Å². The molecule has 5 heteroatoms. The molecule has 0 fully saturated rings. The zero-order chi connectivity index (χ0) is 10.3. The Morgan fingerprint density at radius 2 is 1.93 bits per heavy atom. The maximum Gasteiger partial charge on any atom is 1.00 e. The summed E-state index contributed by atoms with van der Waals surface area (Å²) in [6, 6.07) is 0. The Morgan fingerprint density at radius 1 is 1.36 bits per heavy atom. The number of hydrogen-bond acceptors (Lipinski definition) is 3. The van der Waals surface area contributed by atoms with Gasteiger partial charge in [0.25, 0.3) is 0 Å². The quantitative estimate of drug-likeness (QED) is 0.369. The molecule has 0 aromatic rings. The van der Waals surface area contributed by atoms with Crippen LogP contribution in [-0.4, -0.2) is 17.0 Å². The fourth-order valence-electron chi connectivity index (χ4n) is 1.15. The summed E-state index contributed by atoms with van der Waals surface area (Å²) in [4.78, 5) is 20.7. The molecule has 14 heavy (non-hydrogen) atoms. The molecule has 0 saturated carbocycles. The summed E-state index contributed by atoms with van der Waals surface area (Å²) in [6.45, 7) is 2.01. The van der Waals surface area contributed by atoms with Crippen LogP contribution < -0.4 is 34.7 Å². The first kappa shape index (κ1) is 16.4. The zero-order valence-corrected chi connectivity index (χ0v) is 10.8. The van der Waals surface area contributed by atoms with Gasteiger partial charge in [-0.05, 0) is 6.42 Å². The number of rotatable bonds is 7. The Kier molecular flexibility index (Phi) is 11.1. The van der Waals surface area contributed by atoms with Crippen LogP contribution >= 0.6 is 0 Å². The Bertz CT molecular complexity index is 182. The van der Waals surface area contributed by atoms with Crippen LogP contribution in [0.5, 0.6) is 0 Å². The van der Waals surface area contributed by atoms with Crippen molar-refractivity contribution in [1.82, 2.24) is 0 Å². The minimum absolute atomic E-state index is 0. The summed E-state index contributed by atoms with van der Waals surface area (Å²) in [6.07, 6.45) is 2.76. The van der Waals surface area contributed by atoms with E-state index in [0.717, 1.165) is 19.3 Å². The maximum atomic E-state index is 10.5. The number of hydrogen-bond donors (Lipinski definition) is 1. The van der Waals surface area contributed by atoms with Gasteiger partial charge in [-0.25, -0.2) is 0 Å². The van der Waals surface area contributed by atoms with Crippen molar-refractivity contribution in [3.05, 3.63) is 0 Å². The van der Waals surface area contributed by atoms with Gasteiger partial charge in [0.1, 0.15) is 0 Å². The van der Waals surface area contributed by atoms with Gasteiger partial charge in [-0.2, -0.15) is 0 Å². The molecular formula is C9H15NaO4. The number of unbranched alkanes of at least 4 members (excludes halogenated alkanes) is 2. The van der Waals surface area contributed by atoms with Gasteiger partial charge in [0.15, 0.2) is 0 Å². The van der Waals surface area contributed by atoms with Crippen molar-refractivity contribution < 1.29 is 49.4 Å². The second-order valence-corrected chi connectivity index (χ2v) is 3.11. The number of aliphatic carboxylic acids is 2. The predicted octanol–water partition coefficient (Wildman–Crippen LogP) is -2.59. The molecule has 0 aromatic heterocycles. The van der Waals surface area contributed by atoms with Crippen molar-refractivity contribution >= 4 is 11.9 Å². The third-order valence-corrected chi connectivity index (χ3v) is 1.92. The molecule has 1 unspecified atom stereocenters. The third-order valence-electron chi connectivity index (χ3n) is 1.92. The first-order valence-corrected chi connectivity index (χ1v) is 4.50. The summed E-state index contributed by atoms with van der Waals surface area (Å²) >= 11 is 0. The maximum absolute atomic E-state index is 10.5. The van der Waals surface area contributed by atoms with E-state index in [1.54, 1.807) is 0 Å². The SMILES string of the molecule is CCCCCC(CC(=O)[O-])C(=O)O.[Na+]. The van der Waals surface area contributed by atoms with Crippen LogP contribution in [0.2, 0.25) is 0 Å². The van der Waals surface area contributed by atoms with E-state index in [0.29, 0.717) is 6.42 Å². The molecule has 0 spiro atoms. The zero-order valence-electron chi connectivity index (χ0n) is 8.78. The fraction of sp³-hybridized carbons (Fsp3) is 0.778. The molecule has 1 atom stereocenters. The average Bonchev–Trinajstić information content (AvgIpc) is 2.02. The number of carboxylic acids is 2. The molecule has 1 N–H and O–H groups in total. The number of carbonyl (C=O) groups excluding carboxylic acids is 1. The van der Waals surface area contributed by atoms with Crippen LogP contribution in [0.3, 0.4) is 0 Å². The van der Waals surface area contributed by atoms with E-state index in [1.807, 2.05) is 6.92 Å². The van der Waals surface area contributed by atoms with Gasteiger partial charge in [-0.15, -0.1) is 0 Å². The summed E-state index contributed by atoms with van der Waals surface area (Å²) in [5.74, 6) is -3.11. The minimum Gasteiger partial charge on any atom is -0.550 e. The van der Waals surface area contributed by atoms with Gasteiger partial charge in [0.05, 0.1) is 5.92 Å². The topological polar surface area (TPSA) is 77.4 Å². The molecule has 0 saturated heterocycles. The normalized spacial score (nSPS) is 11.5. The molecule has 0 heterocycles. The van der Waals surface area contributed by atoms with Gasteiger partial charge < -0.3 is 15.0 Å². The molecule has 0 aliphatic rings. The Labute approximate surface area is 106 Å². The van der Waals surface area contributed by atoms with E-state index >= 15 is 0 Å². The molecule has 76 valence electrons. The van der Waals surface area contributed by atoms with Crippen molar-refractivity contribution in [2.75, 3.05) is 0 Å². The minimum atomic E-state index is -1.29. The number of carbonyl (C=O) groups is 2. The largest absolute Gasteiger partial charge is 1.00 e. The second-order valence-electron chi connectivity index (χ2n) is 3.11. The molecule has 0 radical (unpaired) electrons. The third kappa shape index (κ3) is 8.53. The van der Waals surface area contributed by atoms with E-state index in [4.69, 9.17) is 5.11 Å². The van der Waals surface area contributed by atoms with Gasteiger partial charge >= 0.3 is 35.5 Å². The van der Waals surface area contributed by atoms with Crippen molar-refractivity contribution in [3.8, 4) is 0 Å². The first-order valence-electron chi connectivity index (χ1n) is 4.50. The van der Waals surface area contributed by atoms with Crippen LogP contribution in [0.25, 0.3) is 0 Å². The van der Waals surface area contributed by atoms with Gasteiger partial charge in [0.2, 0.25) is 0 Å². The molecular weight excluding hydrogens is 195 g/mol. The van der Waals surface area contributed by atoms with E-state index in [2.05, 4.69) is 0 Å². The fourth-order valence-corrected chi connectivity index (χ4v) is 1.15. The molecule has 0 bridgehead atoms. The van der Waals surface area contributed by atoms with Crippen molar-refractivity contribution in [2.45, 2.75) is 39.0 Å². The van der Waals surface area contributed by atoms with Crippen molar-refractivity contribution in [3.63, 3.8) is 0 Å². The molecule has 0 amide bonds. The molecule has 4 nitrogen and oxygen atoms in total. The molecule has 0 rings (SSSR count). The van der Waals surface area contributed by atoms with Crippen LogP contribution in [0.4, 0.5) is 0 Å². The first-order chi connectivity index (χ1) is 6.07. The van der Waals surface area contributed by atoms with Crippen LogP contribution in [0, 0.1) is 5.92 Å². The van der Waals surface area contributed by atoms with E-state index in [1.165, 1.54) is 0 Å². The van der Waals surface area contributed by atoms with E-state index in [-0.39, 0.29) is 36.0 Å². The van der Waals surface area contributed by atoms with Crippen LogP contribution in [0.15, 0.2) is 0 Å². The Morgan fingerprint density at radius 3 is 2.29 bits per heavy atom. The second kappa shape index (κ2) is 9.49. The van der Waals surface area contributed by atoms with Crippen molar-refractivity contribution in [2.24, 2.45) is 5.92 Å². The molecule has 0 aromatic carbocycles. The molecule has 0 aliphatic heterocycles. The number of carboxylic acid groups (broad SMARTS) is 2. The summed E-state index contributed by atoms with van der Waals surface area (Å²) < 4.78 is 0.